The molecule has 5 rings (SSSR count). The van der Waals surface area contributed by atoms with Crippen molar-refractivity contribution in [3.05, 3.63) is 82.9 Å². The quantitative estimate of drug-likeness (QED) is 0.513. The summed E-state index contributed by atoms with van der Waals surface area (Å²) < 4.78 is 8.12. The van der Waals surface area contributed by atoms with Crippen LogP contribution in [0.4, 0.5) is 0 Å². The molecule has 0 bridgehead atoms. The number of nitrogens with zero attached hydrogens (tertiary/aromatic N) is 3. The van der Waals surface area contributed by atoms with Crippen LogP contribution in [0, 0.1) is 13.8 Å². The number of thiocarbonyl (C=S) groups is 1. The average molecular weight is 477 g/mol. The van der Waals surface area contributed by atoms with Gasteiger partial charge in [-0.3, -0.25) is 4.98 Å². The van der Waals surface area contributed by atoms with E-state index in [1.165, 1.54) is 5.56 Å². The smallest absolute Gasteiger partial charge is 0.335 e. The Labute approximate surface area is 204 Å². The summed E-state index contributed by atoms with van der Waals surface area (Å²) in [5.41, 5.74) is 5.48. The van der Waals surface area contributed by atoms with Crippen LogP contribution in [-0.2, 0) is 4.74 Å². The number of ether oxygens (including phenoxy) is 1. The van der Waals surface area contributed by atoms with Gasteiger partial charge in [0.25, 0.3) is 0 Å². The first-order chi connectivity index (χ1) is 16.4. The molecule has 0 spiro atoms. The molecule has 3 aromatic rings. The van der Waals surface area contributed by atoms with E-state index in [0.717, 1.165) is 48.8 Å². The van der Waals surface area contributed by atoms with Gasteiger partial charge in [-0.05, 0) is 86.9 Å². The Hall–Kier alpha value is -3.23. The number of aryl methyl sites for hydroxylation is 1. The Kier molecular flexibility index (Phi) is 6.10. The molecule has 2 saturated heterocycles. The Bertz CT molecular complexity index is 1200. The molecule has 2 fully saturated rings. The van der Waals surface area contributed by atoms with Crippen LogP contribution in [0.25, 0.3) is 5.69 Å². The number of benzene rings is 1. The molecule has 0 unspecified atom stereocenters. The number of hydrogen-bond donors (Lipinski definition) is 2. The van der Waals surface area contributed by atoms with Gasteiger partial charge in [0.2, 0.25) is 0 Å². The summed E-state index contributed by atoms with van der Waals surface area (Å²) in [5.74, 6) is -0.929. The number of pyridine rings is 1. The molecule has 1 aromatic carbocycles. The summed E-state index contributed by atoms with van der Waals surface area (Å²) in [6.45, 7) is 5.71. The van der Waals surface area contributed by atoms with Crippen molar-refractivity contribution in [3.8, 4) is 5.69 Å². The topological polar surface area (TPSA) is 79.6 Å². The highest BCUT2D eigenvalue weighted by atomic mass is 32.1. The van der Waals surface area contributed by atoms with Gasteiger partial charge in [0.05, 0.1) is 29.4 Å². The lowest BCUT2D eigenvalue weighted by Crippen LogP contribution is -2.36. The third kappa shape index (κ3) is 4.08. The first-order valence-electron chi connectivity index (χ1n) is 11.6. The Morgan fingerprint density at radius 3 is 2.68 bits per heavy atom. The molecule has 3 atom stereocenters. The molecule has 34 heavy (non-hydrogen) atoms. The zero-order chi connectivity index (χ0) is 23.8. The van der Waals surface area contributed by atoms with Crippen LogP contribution in [0.1, 0.15) is 57.9 Å². The Morgan fingerprint density at radius 1 is 1.24 bits per heavy atom. The fraction of sp³-hybridized carbons (Fsp3) is 0.346. The minimum Gasteiger partial charge on any atom is -0.478 e. The molecule has 2 aliphatic rings. The van der Waals surface area contributed by atoms with E-state index in [1.54, 1.807) is 12.1 Å². The van der Waals surface area contributed by atoms with E-state index >= 15 is 0 Å². The van der Waals surface area contributed by atoms with Crippen LogP contribution in [0.3, 0.4) is 0 Å². The highest BCUT2D eigenvalue weighted by Crippen LogP contribution is 2.42. The molecular weight excluding hydrogens is 448 g/mol. The molecule has 0 amide bonds. The number of aromatic carboxylic acids is 1. The van der Waals surface area contributed by atoms with Gasteiger partial charge in [-0.25, -0.2) is 4.79 Å². The van der Waals surface area contributed by atoms with Gasteiger partial charge in [-0.15, -0.1) is 0 Å². The van der Waals surface area contributed by atoms with Crippen molar-refractivity contribution in [2.75, 3.05) is 13.2 Å². The SMILES string of the molecule is Cc1cc([C@@H]2[C@H](c3ccccn3)NC(=S)N2C[C@@H]2CCCO2)c(C)n1-c1ccc(C(=O)O)cc1. The molecule has 2 aliphatic heterocycles. The van der Waals surface area contributed by atoms with Gasteiger partial charge in [0.15, 0.2) is 5.11 Å². The fourth-order valence-corrected chi connectivity index (χ4v) is 5.50. The number of rotatable bonds is 6. The van der Waals surface area contributed by atoms with Gasteiger partial charge in [0.1, 0.15) is 0 Å². The van der Waals surface area contributed by atoms with E-state index in [4.69, 9.17) is 17.0 Å². The second kappa shape index (κ2) is 9.19. The Balaban J connectivity index is 1.57. The van der Waals surface area contributed by atoms with E-state index in [-0.39, 0.29) is 23.8 Å². The molecule has 2 aromatic heterocycles. The molecule has 2 N–H and O–H groups in total. The lowest BCUT2D eigenvalue weighted by atomic mass is 9.96. The maximum absolute atomic E-state index is 11.3. The normalized spacial score (nSPS) is 22.2. The highest BCUT2D eigenvalue weighted by molar-refractivity contribution is 7.80. The second-order valence-electron chi connectivity index (χ2n) is 8.93. The van der Waals surface area contributed by atoms with Crippen LogP contribution >= 0.6 is 12.2 Å². The molecule has 0 saturated carbocycles. The summed E-state index contributed by atoms with van der Waals surface area (Å²) in [5, 5.41) is 13.5. The molecule has 176 valence electrons. The predicted octanol–water partition coefficient (Wildman–Crippen LogP) is 4.34. The zero-order valence-corrected chi connectivity index (χ0v) is 20.1. The van der Waals surface area contributed by atoms with Crippen molar-refractivity contribution in [3.63, 3.8) is 0 Å². The van der Waals surface area contributed by atoms with Crippen LogP contribution in [-0.4, -0.2) is 49.9 Å². The minimum atomic E-state index is -0.929. The lowest BCUT2D eigenvalue weighted by molar-refractivity contribution is 0.0697. The summed E-state index contributed by atoms with van der Waals surface area (Å²) >= 11 is 5.81. The molecule has 0 aliphatic carbocycles. The monoisotopic (exact) mass is 476 g/mol. The molecule has 7 nitrogen and oxygen atoms in total. The summed E-state index contributed by atoms with van der Waals surface area (Å²) in [6, 6.07) is 15.0. The fourth-order valence-electron chi connectivity index (χ4n) is 5.19. The van der Waals surface area contributed by atoms with Crippen molar-refractivity contribution in [2.45, 2.75) is 44.9 Å². The summed E-state index contributed by atoms with van der Waals surface area (Å²) in [7, 11) is 0. The number of aromatic nitrogens is 2. The number of hydrogen-bond acceptors (Lipinski definition) is 4. The van der Waals surface area contributed by atoms with Gasteiger partial charge >= 0.3 is 5.97 Å². The predicted molar refractivity (Wildman–Crippen MR) is 133 cm³/mol. The molecule has 8 heteroatoms. The van der Waals surface area contributed by atoms with Gasteiger partial charge in [0, 0.05) is 36.4 Å². The van der Waals surface area contributed by atoms with Crippen LogP contribution in [0.5, 0.6) is 0 Å². The number of nitrogens with one attached hydrogen (secondary N) is 1. The first kappa shape index (κ1) is 22.6. The summed E-state index contributed by atoms with van der Waals surface area (Å²) in [6.07, 6.45) is 4.09. The third-order valence-electron chi connectivity index (χ3n) is 6.78. The standard InChI is InChI=1S/C26H28N4O3S/c1-16-14-21(17(2)30(16)19-10-8-18(9-11-19)25(31)32)24-23(22-7-3-4-12-27-22)28-26(34)29(24)15-20-6-5-13-33-20/h3-4,7-12,14,20,23-24H,5-6,13,15H2,1-2H3,(H,28,34)(H,31,32)/t20-,23-,24+/m0/s1. The molecular formula is C26H28N4O3S. The van der Waals surface area contributed by atoms with Gasteiger partial charge in [-0.2, -0.15) is 0 Å². The van der Waals surface area contributed by atoms with E-state index in [9.17, 15) is 9.90 Å². The van der Waals surface area contributed by atoms with Gasteiger partial charge in [-0.1, -0.05) is 6.07 Å². The second-order valence-corrected chi connectivity index (χ2v) is 9.31. The van der Waals surface area contributed by atoms with Crippen molar-refractivity contribution in [2.24, 2.45) is 0 Å². The van der Waals surface area contributed by atoms with Crippen molar-refractivity contribution in [1.29, 1.82) is 0 Å². The highest BCUT2D eigenvalue weighted by Gasteiger charge is 2.42. The average Bonchev–Trinajstić information content (AvgIpc) is 3.54. The lowest BCUT2D eigenvalue weighted by Gasteiger charge is -2.30. The van der Waals surface area contributed by atoms with E-state index in [2.05, 4.69) is 39.7 Å². The van der Waals surface area contributed by atoms with E-state index in [1.807, 2.05) is 36.5 Å². The van der Waals surface area contributed by atoms with Crippen molar-refractivity contribution >= 4 is 23.3 Å². The number of carboxylic acid groups (broad SMARTS) is 1. The van der Waals surface area contributed by atoms with E-state index in [0.29, 0.717) is 5.11 Å². The largest absolute Gasteiger partial charge is 0.478 e. The zero-order valence-electron chi connectivity index (χ0n) is 19.3. The van der Waals surface area contributed by atoms with Crippen molar-refractivity contribution < 1.29 is 14.6 Å². The van der Waals surface area contributed by atoms with E-state index < -0.39 is 5.97 Å². The third-order valence-corrected chi connectivity index (χ3v) is 7.14. The molecule has 4 heterocycles. The maximum atomic E-state index is 11.3. The van der Waals surface area contributed by atoms with Crippen LogP contribution < -0.4 is 5.32 Å². The van der Waals surface area contributed by atoms with Crippen molar-refractivity contribution in [1.82, 2.24) is 19.8 Å². The number of carboxylic acids is 1. The minimum absolute atomic E-state index is 0.0372. The maximum Gasteiger partial charge on any atom is 0.335 e. The summed E-state index contributed by atoms with van der Waals surface area (Å²) in [4.78, 5) is 18.2. The first-order valence-corrected chi connectivity index (χ1v) is 12.0. The van der Waals surface area contributed by atoms with Crippen LogP contribution in [0.2, 0.25) is 0 Å². The Morgan fingerprint density at radius 2 is 2.03 bits per heavy atom. The van der Waals surface area contributed by atoms with Crippen LogP contribution in [0.15, 0.2) is 54.7 Å². The van der Waals surface area contributed by atoms with Gasteiger partial charge < -0.3 is 24.6 Å². The molecule has 0 radical (unpaired) electrons. The number of carbonyl (C=O) groups is 1.